The lowest BCUT2D eigenvalue weighted by atomic mass is 10.1. The lowest BCUT2D eigenvalue weighted by Crippen LogP contribution is -2.13. The summed E-state index contributed by atoms with van der Waals surface area (Å²) < 4.78 is 0. The van der Waals surface area contributed by atoms with Crippen LogP contribution in [0.25, 0.3) is 0 Å². The van der Waals surface area contributed by atoms with Crippen LogP contribution in [0.5, 0.6) is 5.75 Å². The highest BCUT2D eigenvalue weighted by Crippen LogP contribution is 2.20. The van der Waals surface area contributed by atoms with E-state index in [9.17, 15) is 9.90 Å². The molecule has 0 saturated heterocycles. The molecule has 0 unspecified atom stereocenters. The molecule has 5 N–H and O–H groups in total. The zero-order valence-corrected chi connectivity index (χ0v) is 10.8. The number of nitrogens with one attached hydrogen (secondary N) is 1. The topological polar surface area (TPSA) is 95.6 Å². The number of hydrogen-bond acceptors (Lipinski definition) is 4. The summed E-state index contributed by atoms with van der Waals surface area (Å²) in [6.07, 6.45) is 0.577. The summed E-state index contributed by atoms with van der Waals surface area (Å²) in [7, 11) is 0. The number of aliphatic hydroxyl groups is 1. The number of rotatable bonds is 4. The Balaban J connectivity index is 2.13. The molecule has 5 heteroatoms. The first-order valence-corrected chi connectivity index (χ1v) is 6.20. The van der Waals surface area contributed by atoms with Gasteiger partial charge in [-0.05, 0) is 42.3 Å². The minimum Gasteiger partial charge on any atom is -0.508 e. The maximum atomic E-state index is 12.1. The number of benzene rings is 2. The van der Waals surface area contributed by atoms with Crippen LogP contribution in [0.2, 0.25) is 0 Å². The van der Waals surface area contributed by atoms with Crippen molar-refractivity contribution in [3.8, 4) is 5.75 Å². The molecule has 0 aliphatic heterocycles. The summed E-state index contributed by atoms with van der Waals surface area (Å²) in [5, 5.41) is 20.9. The number of aromatic hydroxyl groups is 1. The number of anilines is 2. The number of phenols is 1. The van der Waals surface area contributed by atoms with E-state index in [1.807, 2.05) is 12.1 Å². The van der Waals surface area contributed by atoms with Crippen LogP contribution in [0.4, 0.5) is 11.4 Å². The number of carbonyl (C=O) groups excluding carboxylic acids is 1. The van der Waals surface area contributed by atoms with E-state index >= 15 is 0 Å². The van der Waals surface area contributed by atoms with Crippen LogP contribution >= 0.6 is 0 Å². The number of aliphatic hydroxyl groups excluding tert-OH is 1. The minimum absolute atomic E-state index is 0.0114. The summed E-state index contributed by atoms with van der Waals surface area (Å²) >= 11 is 0. The molecule has 0 aromatic heterocycles. The molecule has 2 rings (SSSR count). The van der Waals surface area contributed by atoms with Gasteiger partial charge in [0.05, 0.1) is 5.56 Å². The molecule has 0 radical (unpaired) electrons. The number of nitrogens with two attached hydrogens (primary N) is 1. The van der Waals surface area contributed by atoms with Gasteiger partial charge in [-0.15, -0.1) is 0 Å². The molecule has 0 aliphatic carbocycles. The molecule has 0 saturated carbocycles. The fraction of sp³-hybridized carbons (Fsp3) is 0.133. The van der Waals surface area contributed by atoms with Crippen LogP contribution in [0.15, 0.2) is 42.5 Å². The van der Waals surface area contributed by atoms with Crippen molar-refractivity contribution in [2.24, 2.45) is 0 Å². The molecule has 5 nitrogen and oxygen atoms in total. The average molecular weight is 272 g/mol. The molecule has 0 heterocycles. The Morgan fingerprint density at radius 3 is 2.50 bits per heavy atom. The molecule has 0 fully saturated rings. The van der Waals surface area contributed by atoms with Gasteiger partial charge in [-0.2, -0.15) is 0 Å². The number of carbonyl (C=O) groups is 1. The molecule has 0 bridgehead atoms. The van der Waals surface area contributed by atoms with Gasteiger partial charge in [0, 0.05) is 18.0 Å². The van der Waals surface area contributed by atoms with Crippen molar-refractivity contribution in [1.82, 2.24) is 0 Å². The van der Waals surface area contributed by atoms with E-state index in [2.05, 4.69) is 5.32 Å². The van der Waals surface area contributed by atoms with Gasteiger partial charge in [0.2, 0.25) is 0 Å². The first-order chi connectivity index (χ1) is 9.60. The van der Waals surface area contributed by atoms with Crippen molar-refractivity contribution in [2.45, 2.75) is 6.42 Å². The number of hydrogen-bond donors (Lipinski definition) is 4. The SMILES string of the molecule is Nc1ccc(O)cc1C(=O)Nc1ccc(CCO)cc1. The minimum atomic E-state index is -0.381. The highest BCUT2D eigenvalue weighted by molar-refractivity contribution is 6.07. The summed E-state index contributed by atoms with van der Waals surface area (Å²) in [6, 6.07) is 11.4. The van der Waals surface area contributed by atoms with E-state index in [4.69, 9.17) is 10.8 Å². The molecule has 0 aliphatic rings. The van der Waals surface area contributed by atoms with Crippen LogP contribution in [0.1, 0.15) is 15.9 Å². The van der Waals surface area contributed by atoms with Gasteiger partial charge in [0.15, 0.2) is 0 Å². The fourth-order valence-corrected chi connectivity index (χ4v) is 1.82. The molecule has 20 heavy (non-hydrogen) atoms. The Labute approximate surface area is 116 Å². The zero-order chi connectivity index (χ0) is 14.5. The summed E-state index contributed by atoms with van der Waals surface area (Å²) in [5.41, 5.74) is 7.85. The van der Waals surface area contributed by atoms with Gasteiger partial charge >= 0.3 is 0 Å². The van der Waals surface area contributed by atoms with Crippen molar-refractivity contribution in [1.29, 1.82) is 0 Å². The zero-order valence-electron chi connectivity index (χ0n) is 10.8. The largest absolute Gasteiger partial charge is 0.508 e. The number of phenolic OH excluding ortho intramolecular Hbond substituents is 1. The van der Waals surface area contributed by atoms with Gasteiger partial charge in [-0.25, -0.2) is 0 Å². The van der Waals surface area contributed by atoms with Crippen molar-refractivity contribution in [3.63, 3.8) is 0 Å². The Bertz CT molecular complexity index is 609. The maximum Gasteiger partial charge on any atom is 0.257 e. The van der Waals surface area contributed by atoms with E-state index in [0.717, 1.165) is 5.56 Å². The predicted octanol–water partition coefficient (Wildman–Crippen LogP) is 1.76. The molecular weight excluding hydrogens is 256 g/mol. The van der Waals surface area contributed by atoms with Gasteiger partial charge < -0.3 is 21.3 Å². The third-order valence-electron chi connectivity index (χ3n) is 2.89. The van der Waals surface area contributed by atoms with Crippen molar-refractivity contribution in [3.05, 3.63) is 53.6 Å². The Morgan fingerprint density at radius 2 is 1.85 bits per heavy atom. The monoisotopic (exact) mass is 272 g/mol. The second-order valence-electron chi connectivity index (χ2n) is 4.40. The molecular formula is C15H16N2O3. The lowest BCUT2D eigenvalue weighted by molar-refractivity contribution is 0.102. The standard InChI is InChI=1S/C15H16N2O3/c16-14-6-5-12(19)9-13(14)15(20)17-11-3-1-10(2-4-11)7-8-18/h1-6,9,18-19H,7-8,16H2,(H,17,20). The quantitative estimate of drug-likeness (QED) is 0.504. The van der Waals surface area contributed by atoms with Crippen LogP contribution in [-0.4, -0.2) is 22.7 Å². The molecule has 2 aromatic carbocycles. The fourth-order valence-electron chi connectivity index (χ4n) is 1.82. The van der Waals surface area contributed by atoms with Crippen molar-refractivity contribution >= 4 is 17.3 Å². The second-order valence-corrected chi connectivity index (χ2v) is 4.40. The lowest BCUT2D eigenvalue weighted by Gasteiger charge is -2.08. The molecule has 1 amide bonds. The highest BCUT2D eigenvalue weighted by Gasteiger charge is 2.10. The molecule has 104 valence electrons. The van der Waals surface area contributed by atoms with Crippen LogP contribution in [-0.2, 0) is 6.42 Å². The maximum absolute atomic E-state index is 12.1. The van der Waals surface area contributed by atoms with Gasteiger partial charge in [-0.3, -0.25) is 4.79 Å². The third kappa shape index (κ3) is 3.27. The van der Waals surface area contributed by atoms with E-state index in [1.54, 1.807) is 12.1 Å². The first-order valence-electron chi connectivity index (χ1n) is 6.20. The Morgan fingerprint density at radius 1 is 1.15 bits per heavy atom. The van der Waals surface area contributed by atoms with E-state index < -0.39 is 0 Å². The normalized spacial score (nSPS) is 10.2. The van der Waals surface area contributed by atoms with Crippen molar-refractivity contribution < 1.29 is 15.0 Å². The number of nitrogen functional groups attached to an aromatic ring is 1. The molecule has 2 aromatic rings. The molecule has 0 atom stereocenters. The summed E-state index contributed by atoms with van der Waals surface area (Å²) in [5.74, 6) is -0.393. The summed E-state index contributed by atoms with van der Waals surface area (Å²) in [6.45, 7) is 0.0888. The van der Waals surface area contributed by atoms with Gasteiger partial charge in [0.1, 0.15) is 5.75 Å². The van der Waals surface area contributed by atoms with Crippen molar-refractivity contribution in [2.75, 3.05) is 17.7 Å². The first kappa shape index (κ1) is 13.9. The third-order valence-corrected chi connectivity index (χ3v) is 2.89. The second kappa shape index (κ2) is 6.08. The molecule has 0 spiro atoms. The van der Waals surface area contributed by atoms with E-state index in [0.29, 0.717) is 17.8 Å². The summed E-state index contributed by atoms with van der Waals surface area (Å²) in [4.78, 5) is 12.1. The number of amides is 1. The van der Waals surface area contributed by atoms with Gasteiger partial charge in [-0.1, -0.05) is 12.1 Å². The van der Waals surface area contributed by atoms with Crippen LogP contribution in [0.3, 0.4) is 0 Å². The highest BCUT2D eigenvalue weighted by atomic mass is 16.3. The van der Waals surface area contributed by atoms with Gasteiger partial charge in [0.25, 0.3) is 5.91 Å². The van der Waals surface area contributed by atoms with Crippen LogP contribution < -0.4 is 11.1 Å². The average Bonchev–Trinajstić information content (AvgIpc) is 2.44. The van der Waals surface area contributed by atoms with E-state index in [1.165, 1.54) is 18.2 Å². The predicted molar refractivity (Wildman–Crippen MR) is 77.7 cm³/mol. The smallest absolute Gasteiger partial charge is 0.257 e. The van der Waals surface area contributed by atoms with E-state index in [-0.39, 0.29) is 23.8 Å². The van der Waals surface area contributed by atoms with Crippen LogP contribution in [0, 0.1) is 0 Å². The Kier molecular flexibility index (Phi) is 4.22. The Hall–Kier alpha value is -2.53.